The first kappa shape index (κ1) is 14.0. The molecule has 18 heavy (non-hydrogen) atoms. The normalized spacial score (nSPS) is 30.3. The van der Waals surface area contributed by atoms with Gasteiger partial charge in [-0.3, -0.25) is 11.3 Å². The second kappa shape index (κ2) is 5.70. The highest BCUT2D eigenvalue weighted by Gasteiger charge is 2.42. The smallest absolute Gasteiger partial charge is 0.0885 e. The van der Waals surface area contributed by atoms with Crippen molar-refractivity contribution in [3.05, 3.63) is 21.9 Å². The SMILES string of the molecule is COC1(C(NN)c2csc(C)c2)CCC(C)CC1. The summed E-state index contributed by atoms with van der Waals surface area (Å²) < 4.78 is 5.91. The molecule has 1 heterocycles. The Bertz CT molecular complexity index is 383. The van der Waals surface area contributed by atoms with Crippen molar-refractivity contribution < 1.29 is 4.74 Å². The van der Waals surface area contributed by atoms with E-state index in [0.29, 0.717) is 0 Å². The molecule has 1 aromatic rings. The van der Waals surface area contributed by atoms with Crippen LogP contribution in [-0.2, 0) is 4.74 Å². The number of rotatable bonds is 4. The lowest BCUT2D eigenvalue weighted by Crippen LogP contribution is -2.49. The van der Waals surface area contributed by atoms with Crippen LogP contribution in [-0.4, -0.2) is 12.7 Å². The third-order valence-electron chi connectivity index (χ3n) is 4.30. The van der Waals surface area contributed by atoms with E-state index in [0.717, 1.165) is 18.8 Å². The van der Waals surface area contributed by atoms with Crippen LogP contribution in [0, 0.1) is 12.8 Å². The van der Waals surface area contributed by atoms with Crippen molar-refractivity contribution in [1.29, 1.82) is 0 Å². The van der Waals surface area contributed by atoms with Crippen molar-refractivity contribution in [3.63, 3.8) is 0 Å². The maximum atomic E-state index is 5.91. The summed E-state index contributed by atoms with van der Waals surface area (Å²) in [7, 11) is 1.82. The largest absolute Gasteiger partial charge is 0.376 e. The van der Waals surface area contributed by atoms with Gasteiger partial charge in [0.2, 0.25) is 0 Å². The van der Waals surface area contributed by atoms with E-state index in [1.54, 1.807) is 11.3 Å². The van der Waals surface area contributed by atoms with Crippen LogP contribution in [0.25, 0.3) is 0 Å². The number of hydrogen-bond acceptors (Lipinski definition) is 4. The van der Waals surface area contributed by atoms with Gasteiger partial charge in [0, 0.05) is 12.0 Å². The highest BCUT2D eigenvalue weighted by molar-refractivity contribution is 7.10. The number of methoxy groups -OCH3 is 1. The molecule has 102 valence electrons. The summed E-state index contributed by atoms with van der Waals surface area (Å²) in [5.41, 5.74) is 4.11. The first-order valence-corrected chi connectivity index (χ1v) is 7.55. The van der Waals surface area contributed by atoms with Gasteiger partial charge in [-0.05, 0) is 55.5 Å². The third kappa shape index (κ3) is 2.62. The van der Waals surface area contributed by atoms with Crippen molar-refractivity contribution in [1.82, 2.24) is 5.43 Å². The Morgan fingerprint density at radius 1 is 1.50 bits per heavy atom. The number of ether oxygens (including phenoxy) is 1. The van der Waals surface area contributed by atoms with E-state index in [9.17, 15) is 0 Å². The molecule has 3 N–H and O–H groups in total. The second-order valence-electron chi connectivity index (χ2n) is 5.54. The van der Waals surface area contributed by atoms with Gasteiger partial charge in [0.25, 0.3) is 0 Å². The van der Waals surface area contributed by atoms with Gasteiger partial charge < -0.3 is 4.74 Å². The lowest BCUT2D eigenvalue weighted by atomic mass is 9.74. The molecule has 1 atom stereocenters. The molecule has 1 unspecified atom stereocenters. The molecule has 0 spiro atoms. The van der Waals surface area contributed by atoms with Crippen LogP contribution in [0.1, 0.15) is 49.1 Å². The van der Waals surface area contributed by atoms with Gasteiger partial charge in [-0.1, -0.05) is 6.92 Å². The maximum absolute atomic E-state index is 5.91. The zero-order valence-corrected chi connectivity index (χ0v) is 12.3. The predicted molar refractivity (Wildman–Crippen MR) is 76.5 cm³/mol. The average molecular weight is 268 g/mol. The highest BCUT2D eigenvalue weighted by Crippen LogP contribution is 2.43. The monoisotopic (exact) mass is 268 g/mol. The van der Waals surface area contributed by atoms with Gasteiger partial charge in [-0.25, -0.2) is 0 Å². The summed E-state index contributed by atoms with van der Waals surface area (Å²) >= 11 is 1.77. The first-order chi connectivity index (χ1) is 8.61. The molecule has 0 saturated heterocycles. The minimum Gasteiger partial charge on any atom is -0.376 e. The molecular formula is C14H24N2OS. The fraction of sp³-hybridized carbons (Fsp3) is 0.714. The Morgan fingerprint density at radius 3 is 2.61 bits per heavy atom. The molecule has 2 rings (SSSR count). The van der Waals surface area contributed by atoms with Crippen LogP contribution in [0.3, 0.4) is 0 Å². The number of nitrogens with two attached hydrogens (primary N) is 1. The molecule has 3 nitrogen and oxygen atoms in total. The molecule has 0 amide bonds. The fourth-order valence-electron chi connectivity index (χ4n) is 3.03. The van der Waals surface area contributed by atoms with Crippen molar-refractivity contribution >= 4 is 11.3 Å². The average Bonchev–Trinajstić information content (AvgIpc) is 2.79. The van der Waals surface area contributed by atoms with Gasteiger partial charge in [0.15, 0.2) is 0 Å². The highest BCUT2D eigenvalue weighted by atomic mass is 32.1. The molecule has 0 radical (unpaired) electrons. The summed E-state index contributed by atoms with van der Waals surface area (Å²) in [6.07, 6.45) is 4.59. The van der Waals surface area contributed by atoms with Gasteiger partial charge in [-0.15, -0.1) is 11.3 Å². The van der Waals surface area contributed by atoms with Crippen molar-refractivity contribution in [2.75, 3.05) is 7.11 Å². The topological polar surface area (TPSA) is 47.3 Å². The standard InChI is InChI=1S/C14H24N2OS/c1-10-4-6-14(17-3,7-5-10)13(16-15)12-8-11(2)18-9-12/h8-10,13,16H,4-7,15H2,1-3H3. The minimum atomic E-state index is -0.144. The van der Waals surface area contributed by atoms with Crippen molar-refractivity contribution in [3.8, 4) is 0 Å². The molecule has 0 aliphatic heterocycles. The van der Waals surface area contributed by atoms with Crippen molar-refractivity contribution in [2.24, 2.45) is 11.8 Å². The first-order valence-electron chi connectivity index (χ1n) is 6.67. The lowest BCUT2D eigenvalue weighted by molar-refractivity contribution is -0.0760. The molecule has 1 aliphatic carbocycles. The number of nitrogens with one attached hydrogen (secondary N) is 1. The lowest BCUT2D eigenvalue weighted by Gasteiger charge is -2.43. The predicted octanol–water partition coefficient (Wildman–Crippen LogP) is 3.16. The Morgan fingerprint density at radius 2 is 2.17 bits per heavy atom. The van der Waals surface area contributed by atoms with Crippen LogP contribution in [0.2, 0.25) is 0 Å². The summed E-state index contributed by atoms with van der Waals surface area (Å²) in [6.45, 7) is 4.45. The van der Waals surface area contributed by atoms with Gasteiger partial charge in [0.05, 0.1) is 11.6 Å². The Hall–Kier alpha value is -0.420. The van der Waals surface area contributed by atoms with E-state index in [2.05, 4.69) is 30.7 Å². The summed E-state index contributed by atoms with van der Waals surface area (Å²) in [5, 5.41) is 2.19. The number of thiophene rings is 1. The van der Waals surface area contributed by atoms with Crippen LogP contribution in [0.15, 0.2) is 11.4 Å². The summed E-state index contributed by atoms with van der Waals surface area (Å²) in [5.74, 6) is 6.62. The van der Waals surface area contributed by atoms with E-state index in [4.69, 9.17) is 10.6 Å². The zero-order valence-electron chi connectivity index (χ0n) is 11.5. The fourth-order valence-corrected chi connectivity index (χ4v) is 3.76. The molecule has 1 fully saturated rings. The minimum absolute atomic E-state index is 0.0972. The number of hydrazine groups is 1. The second-order valence-corrected chi connectivity index (χ2v) is 6.66. The Balaban J connectivity index is 2.23. The van der Waals surface area contributed by atoms with Crippen LogP contribution >= 0.6 is 11.3 Å². The van der Waals surface area contributed by atoms with E-state index < -0.39 is 0 Å². The van der Waals surface area contributed by atoms with Crippen molar-refractivity contribution in [2.45, 2.75) is 51.2 Å². The quantitative estimate of drug-likeness (QED) is 0.651. The van der Waals surface area contributed by atoms with E-state index in [1.165, 1.54) is 23.3 Å². The maximum Gasteiger partial charge on any atom is 0.0885 e. The molecular weight excluding hydrogens is 244 g/mol. The van der Waals surface area contributed by atoms with Gasteiger partial charge in [0.1, 0.15) is 0 Å². The van der Waals surface area contributed by atoms with Gasteiger partial charge in [-0.2, -0.15) is 0 Å². The van der Waals surface area contributed by atoms with E-state index in [1.807, 2.05) is 7.11 Å². The molecule has 1 saturated carbocycles. The zero-order chi connectivity index (χ0) is 13.2. The van der Waals surface area contributed by atoms with Crippen LogP contribution in [0.4, 0.5) is 0 Å². The molecule has 0 bridgehead atoms. The Kier molecular flexibility index (Phi) is 4.43. The van der Waals surface area contributed by atoms with E-state index in [-0.39, 0.29) is 11.6 Å². The number of hydrogen-bond donors (Lipinski definition) is 2. The van der Waals surface area contributed by atoms with Crippen LogP contribution < -0.4 is 11.3 Å². The molecule has 1 aliphatic rings. The molecule has 1 aromatic heterocycles. The Labute approximate surface area is 114 Å². The van der Waals surface area contributed by atoms with Gasteiger partial charge >= 0.3 is 0 Å². The molecule has 0 aromatic carbocycles. The van der Waals surface area contributed by atoms with E-state index >= 15 is 0 Å². The summed E-state index contributed by atoms with van der Waals surface area (Å²) in [4.78, 5) is 1.32. The third-order valence-corrected chi connectivity index (χ3v) is 5.18. The summed E-state index contributed by atoms with van der Waals surface area (Å²) in [6, 6.07) is 2.31. The van der Waals surface area contributed by atoms with Crippen LogP contribution in [0.5, 0.6) is 0 Å². The molecule has 4 heteroatoms. The number of aryl methyl sites for hydroxylation is 1.